The van der Waals surface area contributed by atoms with Crippen molar-refractivity contribution in [2.45, 2.75) is 52.0 Å². The standard InChI is InChI=1S/C15H23N/c1-3-4-5-13-6-8-14(9-7-13)16-15-10-12(2)11-15/h6-9,12,15-16H,3-5,10-11H2,1-2H3. The third-order valence-electron chi connectivity index (χ3n) is 3.52. The molecule has 2 rings (SSSR count). The van der Waals surface area contributed by atoms with Crippen LogP contribution in [0.5, 0.6) is 0 Å². The number of hydrogen-bond acceptors (Lipinski definition) is 1. The van der Waals surface area contributed by atoms with Gasteiger partial charge in [-0.2, -0.15) is 0 Å². The Balaban J connectivity index is 1.82. The van der Waals surface area contributed by atoms with Gasteiger partial charge in [0.2, 0.25) is 0 Å². The Morgan fingerprint density at radius 1 is 1.19 bits per heavy atom. The normalized spacial score (nSPS) is 23.9. The second-order valence-corrected chi connectivity index (χ2v) is 5.22. The molecule has 0 aromatic heterocycles. The largest absolute Gasteiger partial charge is 0.382 e. The molecule has 0 heterocycles. The summed E-state index contributed by atoms with van der Waals surface area (Å²) in [4.78, 5) is 0. The summed E-state index contributed by atoms with van der Waals surface area (Å²) < 4.78 is 0. The van der Waals surface area contributed by atoms with Crippen LogP contribution in [0.3, 0.4) is 0 Å². The van der Waals surface area contributed by atoms with Crippen LogP contribution in [0.2, 0.25) is 0 Å². The van der Waals surface area contributed by atoms with Crippen molar-refractivity contribution < 1.29 is 0 Å². The predicted octanol–water partition coefficient (Wildman–Crippen LogP) is 4.24. The Morgan fingerprint density at radius 2 is 1.88 bits per heavy atom. The van der Waals surface area contributed by atoms with Crippen LogP contribution >= 0.6 is 0 Å². The zero-order valence-corrected chi connectivity index (χ0v) is 10.5. The molecule has 88 valence electrons. The Morgan fingerprint density at radius 3 is 2.44 bits per heavy atom. The van der Waals surface area contributed by atoms with Crippen LogP contribution in [0, 0.1) is 5.92 Å². The van der Waals surface area contributed by atoms with Gasteiger partial charge in [0, 0.05) is 11.7 Å². The van der Waals surface area contributed by atoms with E-state index in [4.69, 9.17) is 0 Å². The van der Waals surface area contributed by atoms with Crippen molar-refractivity contribution in [2.75, 3.05) is 5.32 Å². The minimum Gasteiger partial charge on any atom is -0.382 e. The van der Waals surface area contributed by atoms with Crippen LogP contribution in [0.15, 0.2) is 24.3 Å². The summed E-state index contributed by atoms with van der Waals surface area (Å²) >= 11 is 0. The quantitative estimate of drug-likeness (QED) is 0.778. The first-order chi connectivity index (χ1) is 7.78. The van der Waals surface area contributed by atoms with E-state index in [1.165, 1.54) is 43.4 Å². The fourth-order valence-electron chi connectivity index (χ4n) is 2.40. The van der Waals surface area contributed by atoms with Crippen molar-refractivity contribution in [1.29, 1.82) is 0 Å². The van der Waals surface area contributed by atoms with E-state index < -0.39 is 0 Å². The Hall–Kier alpha value is -0.980. The summed E-state index contributed by atoms with van der Waals surface area (Å²) in [6, 6.07) is 9.71. The summed E-state index contributed by atoms with van der Waals surface area (Å²) in [5.41, 5.74) is 2.76. The van der Waals surface area contributed by atoms with Gasteiger partial charge in [-0.15, -0.1) is 0 Å². The van der Waals surface area contributed by atoms with Crippen LogP contribution in [-0.4, -0.2) is 6.04 Å². The molecular weight excluding hydrogens is 194 g/mol. The van der Waals surface area contributed by atoms with E-state index in [2.05, 4.69) is 43.4 Å². The number of anilines is 1. The van der Waals surface area contributed by atoms with Gasteiger partial charge in [-0.3, -0.25) is 0 Å². The molecule has 0 atom stereocenters. The number of benzene rings is 1. The molecule has 0 unspecified atom stereocenters. The van der Waals surface area contributed by atoms with Gasteiger partial charge >= 0.3 is 0 Å². The smallest absolute Gasteiger partial charge is 0.0342 e. The lowest BCUT2D eigenvalue weighted by molar-refractivity contribution is 0.309. The topological polar surface area (TPSA) is 12.0 Å². The van der Waals surface area contributed by atoms with Gasteiger partial charge in [0.25, 0.3) is 0 Å². The molecule has 1 aliphatic rings. The average molecular weight is 217 g/mol. The Labute approximate surface area is 99.3 Å². The first-order valence-electron chi connectivity index (χ1n) is 6.63. The summed E-state index contributed by atoms with van der Waals surface area (Å²) in [5.74, 6) is 0.918. The molecule has 0 saturated heterocycles. The first-order valence-corrected chi connectivity index (χ1v) is 6.63. The molecule has 0 radical (unpaired) electrons. The maximum atomic E-state index is 3.59. The van der Waals surface area contributed by atoms with Crippen molar-refractivity contribution in [1.82, 2.24) is 0 Å². The molecule has 1 aromatic rings. The molecule has 1 aromatic carbocycles. The van der Waals surface area contributed by atoms with Crippen molar-refractivity contribution in [3.63, 3.8) is 0 Å². The third-order valence-corrected chi connectivity index (χ3v) is 3.52. The van der Waals surface area contributed by atoms with E-state index in [-0.39, 0.29) is 0 Å². The molecule has 16 heavy (non-hydrogen) atoms. The summed E-state index contributed by atoms with van der Waals surface area (Å²) in [6.07, 6.45) is 6.46. The summed E-state index contributed by atoms with van der Waals surface area (Å²) in [7, 11) is 0. The van der Waals surface area contributed by atoms with Gasteiger partial charge in [-0.05, 0) is 49.3 Å². The highest BCUT2D eigenvalue weighted by molar-refractivity contribution is 5.45. The molecule has 1 heteroatoms. The lowest BCUT2D eigenvalue weighted by atomic mass is 9.82. The Bertz CT molecular complexity index is 309. The second-order valence-electron chi connectivity index (χ2n) is 5.22. The van der Waals surface area contributed by atoms with Crippen LogP contribution in [0.1, 0.15) is 45.1 Å². The average Bonchev–Trinajstić information content (AvgIpc) is 2.26. The first kappa shape index (κ1) is 11.5. The zero-order chi connectivity index (χ0) is 11.4. The van der Waals surface area contributed by atoms with Crippen LogP contribution in [-0.2, 0) is 6.42 Å². The minimum atomic E-state index is 0.719. The van der Waals surface area contributed by atoms with Gasteiger partial charge in [0.15, 0.2) is 0 Å². The van der Waals surface area contributed by atoms with Gasteiger partial charge in [-0.1, -0.05) is 32.4 Å². The fourth-order valence-corrected chi connectivity index (χ4v) is 2.40. The van der Waals surface area contributed by atoms with Crippen molar-refractivity contribution in [3.8, 4) is 0 Å². The molecule has 1 N–H and O–H groups in total. The molecule has 0 spiro atoms. The highest BCUT2D eigenvalue weighted by atomic mass is 14.9. The van der Waals surface area contributed by atoms with Crippen molar-refractivity contribution in [3.05, 3.63) is 29.8 Å². The maximum absolute atomic E-state index is 3.59. The van der Waals surface area contributed by atoms with Gasteiger partial charge < -0.3 is 5.32 Å². The molecule has 0 amide bonds. The van der Waals surface area contributed by atoms with Crippen LogP contribution in [0.25, 0.3) is 0 Å². The molecule has 1 fully saturated rings. The van der Waals surface area contributed by atoms with E-state index in [0.29, 0.717) is 0 Å². The van der Waals surface area contributed by atoms with Crippen molar-refractivity contribution in [2.24, 2.45) is 5.92 Å². The maximum Gasteiger partial charge on any atom is 0.0342 e. The molecule has 0 bridgehead atoms. The van der Waals surface area contributed by atoms with Crippen LogP contribution in [0.4, 0.5) is 5.69 Å². The lowest BCUT2D eigenvalue weighted by Gasteiger charge is -2.34. The Kier molecular flexibility index (Phi) is 3.87. The summed E-state index contributed by atoms with van der Waals surface area (Å²) in [5, 5.41) is 3.59. The fraction of sp³-hybridized carbons (Fsp3) is 0.600. The van der Waals surface area contributed by atoms with Gasteiger partial charge in [-0.25, -0.2) is 0 Å². The number of rotatable bonds is 5. The van der Waals surface area contributed by atoms with Gasteiger partial charge in [0.1, 0.15) is 0 Å². The molecular formula is C15H23N. The second kappa shape index (κ2) is 5.38. The van der Waals surface area contributed by atoms with E-state index >= 15 is 0 Å². The zero-order valence-electron chi connectivity index (χ0n) is 10.5. The predicted molar refractivity (Wildman–Crippen MR) is 70.9 cm³/mol. The third kappa shape index (κ3) is 3.01. The number of nitrogens with one attached hydrogen (secondary N) is 1. The van der Waals surface area contributed by atoms with Crippen LogP contribution < -0.4 is 5.32 Å². The number of hydrogen-bond donors (Lipinski definition) is 1. The molecule has 1 nitrogen and oxygen atoms in total. The number of aryl methyl sites for hydroxylation is 1. The summed E-state index contributed by atoms with van der Waals surface area (Å²) in [6.45, 7) is 4.57. The highest BCUT2D eigenvalue weighted by Crippen LogP contribution is 2.29. The monoisotopic (exact) mass is 217 g/mol. The van der Waals surface area contributed by atoms with Gasteiger partial charge in [0.05, 0.1) is 0 Å². The van der Waals surface area contributed by atoms with E-state index in [1.54, 1.807) is 0 Å². The van der Waals surface area contributed by atoms with E-state index in [9.17, 15) is 0 Å². The lowest BCUT2D eigenvalue weighted by Crippen LogP contribution is -2.33. The minimum absolute atomic E-state index is 0.719. The molecule has 1 saturated carbocycles. The SMILES string of the molecule is CCCCc1ccc(NC2CC(C)C2)cc1. The molecule has 0 aliphatic heterocycles. The molecule has 1 aliphatic carbocycles. The number of unbranched alkanes of at least 4 members (excludes halogenated alkanes) is 1. The highest BCUT2D eigenvalue weighted by Gasteiger charge is 2.24. The van der Waals surface area contributed by atoms with E-state index in [0.717, 1.165) is 12.0 Å². The van der Waals surface area contributed by atoms with E-state index in [1.807, 2.05) is 0 Å². The van der Waals surface area contributed by atoms with Crippen molar-refractivity contribution >= 4 is 5.69 Å².